The Bertz CT molecular complexity index is 984. The molecule has 2 aliphatic heterocycles. The lowest BCUT2D eigenvalue weighted by atomic mass is 9.83. The second-order valence-electron chi connectivity index (χ2n) is 8.45. The summed E-state index contributed by atoms with van der Waals surface area (Å²) in [5.74, 6) is 1.73. The van der Waals surface area contributed by atoms with Crippen molar-refractivity contribution in [2.24, 2.45) is 13.0 Å². The Morgan fingerprint density at radius 1 is 1.34 bits per heavy atom. The second kappa shape index (κ2) is 6.61. The largest absolute Gasteiger partial charge is 0.480 e. The van der Waals surface area contributed by atoms with Crippen molar-refractivity contribution in [3.63, 3.8) is 0 Å². The van der Waals surface area contributed by atoms with E-state index < -0.39 is 5.60 Å². The van der Waals surface area contributed by atoms with Crippen molar-refractivity contribution < 1.29 is 19.1 Å². The summed E-state index contributed by atoms with van der Waals surface area (Å²) in [4.78, 5) is 30.3. The van der Waals surface area contributed by atoms with E-state index >= 15 is 0 Å². The summed E-state index contributed by atoms with van der Waals surface area (Å²) in [7, 11) is 1.86. The Balaban J connectivity index is 1.45. The number of aldehydes is 1. The molecular formula is C22H25N3O4. The van der Waals surface area contributed by atoms with Gasteiger partial charge in [-0.15, -0.1) is 0 Å². The van der Waals surface area contributed by atoms with Crippen molar-refractivity contribution in [2.45, 2.75) is 38.2 Å². The van der Waals surface area contributed by atoms with Gasteiger partial charge >= 0.3 is 6.09 Å². The van der Waals surface area contributed by atoms with Gasteiger partial charge in [-0.05, 0) is 43.4 Å². The first-order valence-electron chi connectivity index (χ1n) is 10.2. The van der Waals surface area contributed by atoms with Crippen LogP contribution in [-0.2, 0) is 17.4 Å². The van der Waals surface area contributed by atoms with E-state index in [0.717, 1.165) is 47.4 Å². The number of nitrogens with zero attached hydrogens (tertiary/aromatic N) is 3. The van der Waals surface area contributed by atoms with Gasteiger partial charge in [-0.2, -0.15) is 0 Å². The molecule has 1 amide bonds. The molecule has 0 radical (unpaired) electrons. The number of piperidine rings is 1. The highest BCUT2D eigenvalue weighted by Crippen LogP contribution is 2.49. The summed E-state index contributed by atoms with van der Waals surface area (Å²) in [5.41, 5.74) is 3.13. The van der Waals surface area contributed by atoms with Crippen molar-refractivity contribution in [1.29, 1.82) is 0 Å². The summed E-state index contributed by atoms with van der Waals surface area (Å²) in [6.07, 6.45) is 4.12. The third-order valence-corrected chi connectivity index (χ3v) is 6.33. The highest BCUT2D eigenvalue weighted by Gasteiger charge is 2.47. The summed E-state index contributed by atoms with van der Waals surface area (Å²) in [5, 5.41) is 0. The maximum absolute atomic E-state index is 12.4. The maximum Gasteiger partial charge on any atom is 0.409 e. The van der Waals surface area contributed by atoms with Gasteiger partial charge in [0.05, 0.1) is 12.3 Å². The molecule has 1 saturated carbocycles. The molecule has 2 fully saturated rings. The lowest BCUT2D eigenvalue weighted by molar-refractivity contribution is -0.0110. The number of rotatable bonds is 3. The Morgan fingerprint density at radius 3 is 2.79 bits per heavy atom. The van der Waals surface area contributed by atoms with Crippen LogP contribution in [0.5, 0.6) is 5.75 Å². The number of likely N-dealkylation sites (tertiary alicyclic amines) is 1. The molecule has 1 aliphatic carbocycles. The highest BCUT2D eigenvalue weighted by atomic mass is 16.6. The van der Waals surface area contributed by atoms with Crippen LogP contribution in [0.2, 0.25) is 0 Å². The first-order valence-corrected chi connectivity index (χ1v) is 10.2. The molecule has 0 N–H and O–H groups in total. The zero-order chi connectivity index (χ0) is 20.2. The van der Waals surface area contributed by atoms with Crippen LogP contribution in [0.1, 0.15) is 47.6 Å². The molecule has 0 atom stereocenters. The quantitative estimate of drug-likeness (QED) is 0.745. The third-order valence-electron chi connectivity index (χ3n) is 6.33. The van der Waals surface area contributed by atoms with Crippen LogP contribution in [0.25, 0.3) is 11.3 Å². The molecule has 1 spiro atoms. The average molecular weight is 395 g/mol. The van der Waals surface area contributed by atoms with Gasteiger partial charge in [0.1, 0.15) is 11.4 Å². The van der Waals surface area contributed by atoms with E-state index in [1.807, 2.05) is 36.7 Å². The minimum Gasteiger partial charge on any atom is -0.480 e. The smallest absolute Gasteiger partial charge is 0.409 e. The molecule has 7 heteroatoms. The van der Waals surface area contributed by atoms with Crippen molar-refractivity contribution in [2.75, 3.05) is 19.7 Å². The summed E-state index contributed by atoms with van der Waals surface area (Å²) in [6, 6.07) is 6.05. The number of fused-ring (bicyclic) bond motifs is 4. The summed E-state index contributed by atoms with van der Waals surface area (Å²) >= 11 is 0. The molecule has 152 valence electrons. The molecule has 0 unspecified atom stereocenters. The van der Waals surface area contributed by atoms with E-state index in [0.29, 0.717) is 44.3 Å². The fourth-order valence-corrected chi connectivity index (χ4v) is 4.45. The maximum atomic E-state index is 12.4. The molecule has 2 aromatic rings. The topological polar surface area (TPSA) is 73.7 Å². The number of aromatic nitrogens is 2. The second-order valence-corrected chi connectivity index (χ2v) is 8.45. The first kappa shape index (κ1) is 18.2. The van der Waals surface area contributed by atoms with E-state index in [1.165, 1.54) is 0 Å². The number of benzene rings is 1. The number of imidazole rings is 1. The van der Waals surface area contributed by atoms with Gasteiger partial charge in [-0.3, -0.25) is 4.79 Å². The van der Waals surface area contributed by atoms with Gasteiger partial charge < -0.3 is 18.9 Å². The Kier molecular flexibility index (Phi) is 4.15. The zero-order valence-electron chi connectivity index (χ0n) is 16.8. The lowest BCUT2D eigenvalue weighted by Crippen LogP contribution is -2.50. The fourth-order valence-electron chi connectivity index (χ4n) is 4.45. The predicted octanol–water partition coefficient (Wildman–Crippen LogP) is 3.44. The van der Waals surface area contributed by atoms with Crippen molar-refractivity contribution in [3.8, 4) is 17.0 Å². The lowest BCUT2D eigenvalue weighted by Gasteiger charge is -2.44. The monoisotopic (exact) mass is 395 g/mol. The van der Waals surface area contributed by atoms with E-state index in [4.69, 9.17) is 9.47 Å². The minimum atomic E-state index is -0.605. The number of carbonyl (C=O) groups excluding carboxylic acids is 2. The number of aryl methyl sites for hydroxylation is 1. The third kappa shape index (κ3) is 2.99. The Labute approximate surface area is 169 Å². The van der Waals surface area contributed by atoms with Crippen molar-refractivity contribution in [1.82, 2.24) is 14.5 Å². The molecule has 3 heterocycles. The standard InChI is InChI=1S/C22H25N3O4/c1-14-3-6-16-17(11-14)29-22(20-19(16)23-18(12-26)24(20)2)7-9-25(10-8-22)21(27)28-13-15-4-5-15/h3,6,11-12,15H,4-5,7-10,13H2,1-2H3. The highest BCUT2D eigenvalue weighted by molar-refractivity contribution is 5.78. The van der Waals surface area contributed by atoms with Gasteiger partial charge in [-0.25, -0.2) is 9.78 Å². The number of carbonyl (C=O) groups is 2. The van der Waals surface area contributed by atoms with Crippen LogP contribution in [0.15, 0.2) is 18.2 Å². The molecule has 29 heavy (non-hydrogen) atoms. The molecule has 0 bridgehead atoms. The van der Waals surface area contributed by atoms with Crippen molar-refractivity contribution >= 4 is 12.4 Å². The zero-order valence-corrected chi connectivity index (χ0v) is 16.8. The normalized spacial score (nSPS) is 19.3. The Hall–Kier alpha value is -2.83. The van der Waals surface area contributed by atoms with Crippen LogP contribution in [0.3, 0.4) is 0 Å². The number of ether oxygens (including phenoxy) is 2. The van der Waals surface area contributed by atoms with Gasteiger partial charge in [-0.1, -0.05) is 6.07 Å². The van der Waals surface area contributed by atoms with Gasteiger partial charge in [0.2, 0.25) is 0 Å². The number of amides is 1. The van der Waals surface area contributed by atoms with E-state index in [2.05, 4.69) is 4.98 Å². The van der Waals surface area contributed by atoms with Gasteiger partial charge in [0, 0.05) is 38.5 Å². The summed E-state index contributed by atoms with van der Waals surface area (Å²) < 4.78 is 13.9. The minimum absolute atomic E-state index is 0.238. The molecule has 3 aliphatic rings. The number of hydrogen-bond acceptors (Lipinski definition) is 5. The van der Waals surface area contributed by atoms with E-state index in [9.17, 15) is 9.59 Å². The van der Waals surface area contributed by atoms with Crippen LogP contribution in [-0.4, -0.2) is 46.5 Å². The predicted molar refractivity (Wildman–Crippen MR) is 106 cm³/mol. The molecule has 1 aromatic carbocycles. The first-order chi connectivity index (χ1) is 14.0. The van der Waals surface area contributed by atoms with Crippen LogP contribution in [0.4, 0.5) is 4.79 Å². The average Bonchev–Trinajstić information content (AvgIpc) is 3.48. The molecule has 7 nitrogen and oxygen atoms in total. The van der Waals surface area contributed by atoms with Crippen LogP contribution in [0, 0.1) is 12.8 Å². The van der Waals surface area contributed by atoms with Crippen molar-refractivity contribution in [3.05, 3.63) is 35.3 Å². The fraction of sp³-hybridized carbons (Fsp3) is 0.500. The van der Waals surface area contributed by atoms with Gasteiger partial charge in [0.25, 0.3) is 0 Å². The molecular weight excluding hydrogens is 370 g/mol. The molecule has 1 saturated heterocycles. The van der Waals surface area contributed by atoms with Gasteiger partial charge in [0.15, 0.2) is 17.7 Å². The molecule has 1 aromatic heterocycles. The number of hydrogen-bond donors (Lipinski definition) is 0. The van der Waals surface area contributed by atoms with Crippen LogP contribution < -0.4 is 4.74 Å². The summed E-state index contributed by atoms with van der Waals surface area (Å²) in [6.45, 7) is 3.65. The Morgan fingerprint density at radius 2 is 2.10 bits per heavy atom. The van der Waals surface area contributed by atoms with E-state index in [1.54, 1.807) is 4.90 Å². The molecule has 5 rings (SSSR count). The van der Waals surface area contributed by atoms with E-state index in [-0.39, 0.29) is 6.09 Å². The van der Waals surface area contributed by atoms with Crippen LogP contribution >= 0.6 is 0 Å². The SMILES string of the molecule is Cc1ccc2c(c1)OC1(CCN(C(=O)OCC3CC3)CC1)c1c-2nc(C=O)n1C.